The molecule has 71 heavy (non-hydrogen) atoms. The van der Waals surface area contributed by atoms with Gasteiger partial charge in [0.05, 0.1) is 11.1 Å². The first-order valence-corrected chi connectivity index (χ1v) is 24.9. The van der Waals surface area contributed by atoms with Gasteiger partial charge in [0.25, 0.3) is 0 Å². The topological polar surface area (TPSA) is 3.24 Å². The van der Waals surface area contributed by atoms with Crippen LogP contribution in [0.3, 0.4) is 0 Å². The fourth-order valence-corrected chi connectivity index (χ4v) is 12.6. The van der Waals surface area contributed by atoms with Gasteiger partial charge in [0, 0.05) is 22.4 Å². The standard InChI is InChI=1S/C70H49N/c1-69(2)62-27-15-12-25-56(62)58-40-37-54(45-65(58)69)71(53-35-30-49(31-36-53)46-18-6-3-7-19-46)68-29-17-14-24-55(68)52-34-41-64-61(42-52)57-26-13-16-28-63(57)70(64)66-43-50(47-20-8-4-9-21-47)32-38-59(66)60-39-33-51(44-67(60)70)48-22-10-5-11-23-48/h3-45H,1-2H3. The van der Waals surface area contributed by atoms with Gasteiger partial charge in [0.1, 0.15) is 0 Å². The molecule has 0 saturated heterocycles. The molecule has 11 aromatic rings. The van der Waals surface area contributed by atoms with Crippen molar-refractivity contribution in [2.75, 3.05) is 4.90 Å². The van der Waals surface area contributed by atoms with E-state index in [2.05, 4.69) is 280 Å². The quantitative estimate of drug-likeness (QED) is 0.154. The van der Waals surface area contributed by atoms with Crippen LogP contribution in [0.1, 0.15) is 47.2 Å². The van der Waals surface area contributed by atoms with E-state index in [1.807, 2.05) is 0 Å². The predicted molar refractivity (Wildman–Crippen MR) is 297 cm³/mol. The van der Waals surface area contributed by atoms with Crippen LogP contribution in [0.5, 0.6) is 0 Å². The summed E-state index contributed by atoms with van der Waals surface area (Å²) in [5, 5.41) is 0. The predicted octanol–water partition coefficient (Wildman–Crippen LogP) is 18.5. The second-order valence-electron chi connectivity index (χ2n) is 20.0. The number of hydrogen-bond acceptors (Lipinski definition) is 1. The van der Waals surface area contributed by atoms with Crippen molar-refractivity contribution in [3.8, 4) is 77.9 Å². The molecule has 3 aliphatic carbocycles. The van der Waals surface area contributed by atoms with E-state index in [0.29, 0.717) is 0 Å². The van der Waals surface area contributed by atoms with Crippen molar-refractivity contribution in [3.63, 3.8) is 0 Å². The first-order valence-electron chi connectivity index (χ1n) is 24.9. The number of fused-ring (bicyclic) bond motifs is 13. The summed E-state index contributed by atoms with van der Waals surface area (Å²) in [4.78, 5) is 2.48. The number of nitrogens with zero attached hydrogens (tertiary/aromatic N) is 1. The third-order valence-electron chi connectivity index (χ3n) is 15.9. The largest absolute Gasteiger partial charge is 0.310 e. The van der Waals surface area contributed by atoms with Gasteiger partial charge in [-0.25, -0.2) is 0 Å². The van der Waals surface area contributed by atoms with E-state index in [0.717, 1.165) is 17.1 Å². The molecule has 0 amide bonds. The second-order valence-corrected chi connectivity index (χ2v) is 20.0. The lowest BCUT2D eigenvalue weighted by molar-refractivity contribution is 0.660. The fraction of sp³-hybridized carbons (Fsp3) is 0.0571. The van der Waals surface area contributed by atoms with E-state index in [1.165, 1.54) is 111 Å². The van der Waals surface area contributed by atoms with E-state index in [-0.39, 0.29) is 5.41 Å². The molecule has 1 heteroatoms. The SMILES string of the molecule is CC1(C)c2ccccc2-c2ccc(N(c3ccc(-c4ccccc4)cc3)c3ccccc3-c3ccc4c(c3)-c3ccccc3C43c4cc(-c5ccccc5)ccc4-c4ccc(-c5ccccc5)cc43)cc21. The highest BCUT2D eigenvalue weighted by Crippen LogP contribution is 2.64. The van der Waals surface area contributed by atoms with E-state index in [4.69, 9.17) is 0 Å². The average Bonchev–Trinajstić information content (AvgIpc) is 3.99. The van der Waals surface area contributed by atoms with Crippen molar-refractivity contribution in [2.24, 2.45) is 0 Å². The van der Waals surface area contributed by atoms with E-state index < -0.39 is 5.41 Å². The zero-order valence-corrected chi connectivity index (χ0v) is 39.8. The van der Waals surface area contributed by atoms with Crippen molar-refractivity contribution in [3.05, 3.63) is 294 Å². The van der Waals surface area contributed by atoms with Crippen LogP contribution in [-0.2, 0) is 10.8 Å². The number of hydrogen-bond donors (Lipinski definition) is 0. The number of anilines is 3. The third kappa shape index (κ3) is 6.19. The van der Waals surface area contributed by atoms with Gasteiger partial charge in [0.15, 0.2) is 0 Å². The maximum atomic E-state index is 2.49. The molecule has 334 valence electrons. The third-order valence-corrected chi connectivity index (χ3v) is 15.9. The Labute approximate surface area is 416 Å². The highest BCUT2D eigenvalue weighted by molar-refractivity contribution is 5.99. The molecule has 0 radical (unpaired) electrons. The molecule has 0 N–H and O–H groups in total. The lowest BCUT2D eigenvalue weighted by atomic mass is 9.69. The molecule has 0 saturated carbocycles. The average molecular weight is 904 g/mol. The number of benzene rings is 11. The molecule has 0 aromatic heterocycles. The molecule has 0 unspecified atom stereocenters. The number of rotatable bonds is 7. The van der Waals surface area contributed by atoms with Crippen molar-refractivity contribution in [1.82, 2.24) is 0 Å². The van der Waals surface area contributed by atoms with Crippen molar-refractivity contribution >= 4 is 17.1 Å². The summed E-state index contributed by atoms with van der Waals surface area (Å²) in [6.45, 7) is 4.74. The Morgan fingerprint density at radius 2 is 0.648 bits per heavy atom. The van der Waals surface area contributed by atoms with Crippen molar-refractivity contribution in [2.45, 2.75) is 24.7 Å². The van der Waals surface area contributed by atoms with Crippen LogP contribution in [0.25, 0.3) is 77.9 Å². The zero-order chi connectivity index (χ0) is 47.3. The Morgan fingerprint density at radius 3 is 1.27 bits per heavy atom. The highest BCUT2D eigenvalue weighted by atomic mass is 15.1. The summed E-state index contributed by atoms with van der Waals surface area (Å²) in [5.74, 6) is 0. The Hall–Kier alpha value is -8.78. The monoisotopic (exact) mass is 903 g/mol. The molecule has 0 fully saturated rings. The van der Waals surface area contributed by atoms with Gasteiger partial charge in [-0.15, -0.1) is 0 Å². The van der Waals surface area contributed by atoms with Crippen LogP contribution in [0.15, 0.2) is 261 Å². The van der Waals surface area contributed by atoms with Crippen LogP contribution in [0.2, 0.25) is 0 Å². The van der Waals surface area contributed by atoms with Gasteiger partial charge in [-0.2, -0.15) is 0 Å². The van der Waals surface area contributed by atoms with Crippen LogP contribution < -0.4 is 4.90 Å². The molecule has 1 spiro atoms. The number of para-hydroxylation sites is 1. The molecule has 11 aromatic carbocycles. The van der Waals surface area contributed by atoms with Gasteiger partial charge in [-0.1, -0.05) is 226 Å². The van der Waals surface area contributed by atoms with E-state index in [1.54, 1.807) is 0 Å². The summed E-state index contributed by atoms with van der Waals surface area (Å²) in [6.07, 6.45) is 0. The zero-order valence-electron chi connectivity index (χ0n) is 39.8. The smallest absolute Gasteiger partial charge is 0.0725 e. The molecule has 0 heterocycles. The highest BCUT2D eigenvalue weighted by Gasteiger charge is 2.52. The maximum absolute atomic E-state index is 2.49. The minimum atomic E-state index is -0.522. The summed E-state index contributed by atoms with van der Waals surface area (Å²) in [7, 11) is 0. The van der Waals surface area contributed by atoms with Gasteiger partial charge in [-0.3, -0.25) is 0 Å². The maximum Gasteiger partial charge on any atom is 0.0725 e. The second kappa shape index (κ2) is 15.9. The molecule has 0 atom stereocenters. The molecule has 14 rings (SSSR count). The van der Waals surface area contributed by atoms with Gasteiger partial charge >= 0.3 is 0 Å². The Bertz CT molecular complexity index is 3790. The Balaban J connectivity index is 0.969. The van der Waals surface area contributed by atoms with Gasteiger partial charge in [-0.05, 0) is 154 Å². The molecule has 0 bridgehead atoms. The van der Waals surface area contributed by atoms with Crippen LogP contribution >= 0.6 is 0 Å². The Kier molecular flexibility index (Phi) is 9.22. The first kappa shape index (κ1) is 41.2. The first-order chi connectivity index (χ1) is 35.0. The molecule has 1 nitrogen and oxygen atoms in total. The normalized spacial score (nSPS) is 13.7. The van der Waals surface area contributed by atoms with Crippen LogP contribution in [0.4, 0.5) is 17.1 Å². The van der Waals surface area contributed by atoms with Gasteiger partial charge in [0.2, 0.25) is 0 Å². The molecule has 0 aliphatic heterocycles. The van der Waals surface area contributed by atoms with E-state index >= 15 is 0 Å². The lowest BCUT2D eigenvalue weighted by Gasteiger charge is -2.31. The molecule has 3 aliphatic rings. The lowest BCUT2D eigenvalue weighted by Crippen LogP contribution is -2.26. The minimum absolute atomic E-state index is 0.144. The fourth-order valence-electron chi connectivity index (χ4n) is 12.6. The minimum Gasteiger partial charge on any atom is -0.310 e. The van der Waals surface area contributed by atoms with E-state index in [9.17, 15) is 0 Å². The summed E-state index contributed by atoms with van der Waals surface area (Å²) in [6, 6.07) is 97.4. The van der Waals surface area contributed by atoms with Crippen molar-refractivity contribution in [1.29, 1.82) is 0 Å². The van der Waals surface area contributed by atoms with Crippen LogP contribution in [-0.4, -0.2) is 0 Å². The summed E-state index contributed by atoms with van der Waals surface area (Å²) in [5.41, 5.74) is 28.2. The Morgan fingerprint density at radius 1 is 0.239 bits per heavy atom. The molecular weight excluding hydrogens is 855 g/mol. The van der Waals surface area contributed by atoms with Gasteiger partial charge < -0.3 is 4.90 Å². The van der Waals surface area contributed by atoms with Crippen LogP contribution in [0, 0.1) is 0 Å². The molecular formula is C70H49N. The van der Waals surface area contributed by atoms with Crippen molar-refractivity contribution < 1.29 is 0 Å². The summed E-state index contributed by atoms with van der Waals surface area (Å²) < 4.78 is 0. The summed E-state index contributed by atoms with van der Waals surface area (Å²) >= 11 is 0.